The lowest BCUT2D eigenvalue weighted by Gasteiger charge is -2.08. The van der Waals surface area contributed by atoms with E-state index in [2.05, 4.69) is 4.74 Å². The molecule has 0 aliphatic heterocycles. The van der Waals surface area contributed by atoms with Crippen molar-refractivity contribution in [2.75, 3.05) is 7.11 Å². The van der Waals surface area contributed by atoms with Crippen molar-refractivity contribution in [1.82, 2.24) is 0 Å². The van der Waals surface area contributed by atoms with Crippen LogP contribution in [0.5, 0.6) is 0 Å². The molecule has 0 saturated heterocycles. The smallest absolute Gasteiger partial charge is 0.343 e. The molecule has 0 bridgehead atoms. The summed E-state index contributed by atoms with van der Waals surface area (Å²) in [7, 11) is 1.22. The highest BCUT2D eigenvalue weighted by atomic mass is 16.5. The molecular formula is C13H15NO3. The second kappa shape index (κ2) is 5.30. The highest BCUT2D eigenvalue weighted by molar-refractivity contribution is 6.25. The number of allylic oxidation sites excluding steroid dienone is 1. The highest BCUT2D eigenvalue weighted by Gasteiger charge is 2.20. The van der Waals surface area contributed by atoms with Crippen LogP contribution in [0, 0.1) is 12.3 Å². The molecule has 0 aliphatic rings. The third-order valence-electron chi connectivity index (χ3n) is 2.34. The van der Waals surface area contributed by atoms with Crippen molar-refractivity contribution in [2.24, 2.45) is 0 Å². The van der Waals surface area contributed by atoms with Crippen LogP contribution >= 0.6 is 0 Å². The summed E-state index contributed by atoms with van der Waals surface area (Å²) in [6, 6.07) is 7.13. The van der Waals surface area contributed by atoms with Gasteiger partial charge >= 0.3 is 5.97 Å². The van der Waals surface area contributed by atoms with Crippen molar-refractivity contribution in [3.8, 4) is 0 Å². The van der Waals surface area contributed by atoms with Gasteiger partial charge in [-0.3, -0.25) is 5.41 Å². The molecule has 1 aromatic carbocycles. The minimum atomic E-state index is -0.712. The Labute approximate surface area is 100 Å². The molecule has 90 valence electrons. The van der Waals surface area contributed by atoms with Crippen LogP contribution in [0.4, 0.5) is 0 Å². The Hall–Kier alpha value is -2.10. The predicted octanol–water partition coefficient (Wildman–Crippen LogP) is 2.37. The summed E-state index contributed by atoms with van der Waals surface area (Å²) in [6.45, 7) is 3.29. The van der Waals surface area contributed by atoms with Gasteiger partial charge in [0.25, 0.3) is 0 Å². The van der Waals surface area contributed by atoms with E-state index >= 15 is 0 Å². The summed E-state index contributed by atoms with van der Waals surface area (Å²) < 4.78 is 4.54. The molecule has 0 aliphatic carbocycles. The van der Waals surface area contributed by atoms with E-state index in [4.69, 9.17) is 5.41 Å². The zero-order valence-corrected chi connectivity index (χ0v) is 10.1. The summed E-state index contributed by atoms with van der Waals surface area (Å²) in [5, 5.41) is 17.3. The molecule has 0 fully saturated rings. The molecule has 0 radical (unpaired) electrons. The lowest BCUT2D eigenvalue weighted by molar-refractivity contribution is -0.135. The van der Waals surface area contributed by atoms with Crippen LogP contribution in [0.1, 0.15) is 18.1 Å². The Morgan fingerprint density at radius 1 is 1.29 bits per heavy atom. The zero-order valence-electron chi connectivity index (χ0n) is 10.1. The number of benzene rings is 1. The molecule has 0 aromatic heterocycles. The molecule has 4 heteroatoms. The number of hydrogen-bond donors (Lipinski definition) is 2. The summed E-state index contributed by atoms with van der Waals surface area (Å²) in [5.41, 5.74) is 1.46. The second-order valence-electron chi connectivity index (χ2n) is 3.69. The first-order valence-corrected chi connectivity index (χ1v) is 5.11. The first-order chi connectivity index (χ1) is 7.97. The van der Waals surface area contributed by atoms with E-state index in [1.807, 2.05) is 19.1 Å². The molecule has 1 aromatic rings. The standard InChI is InChI=1S/C13H15NO3/c1-8-4-6-10(7-5-8)12(14)11(9(2)15)13(16)17-3/h4-7,14-15H,1-3H3/b11-9+,14-12?. The lowest BCUT2D eigenvalue weighted by atomic mass is 10.0. The number of aryl methyl sites for hydroxylation is 1. The SMILES string of the molecule is COC(=O)/C(C(=N)c1ccc(C)cc1)=C(\C)O. The number of ether oxygens (including phenoxy) is 1. The van der Waals surface area contributed by atoms with E-state index in [0.29, 0.717) is 5.56 Å². The maximum absolute atomic E-state index is 11.5. The van der Waals surface area contributed by atoms with Crippen molar-refractivity contribution in [2.45, 2.75) is 13.8 Å². The van der Waals surface area contributed by atoms with Crippen LogP contribution in [0.25, 0.3) is 0 Å². The molecular weight excluding hydrogens is 218 g/mol. The molecule has 0 atom stereocenters. The van der Waals surface area contributed by atoms with Gasteiger partial charge in [0.1, 0.15) is 11.3 Å². The third kappa shape index (κ3) is 2.93. The fourth-order valence-electron chi connectivity index (χ4n) is 1.40. The van der Waals surface area contributed by atoms with Gasteiger partial charge in [-0.15, -0.1) is 0 Å². The molecule has 0 spiro atoms. The van der Waals surface area contributed by atoms with Crippen molar-refractivity contribution in [3.63, 3.8) is 0 Å². The maximum atomic E-state index is 11.5. The van der Waals surface area contributed by atoms with E-state index < -0.39 is 5.97 Å². The summed E-state index contributed by atoms with van der Waals surface area (Å²) in [5.74, 6) is -0.932. The number of aliphatic hydroxyl groups excluding tert-OH is 1. The van der Waals surface area contributed by atoms with Crippen molar-refractivity contribution < 1.29 is 14.6 Å². The van der Waals surface area contributed by atoms with Gasteiger partial charge in [-0.1, -0.05) is 29.8 Å². The number of rotatable bonds is 3. The van der Waals surface area contributed by atoms with Crippen LogP contribution in [0.3, 0.4) is 0 Å². The largest absolute Gasteiger partial charge is 0.512 e. The van der Waals surface area contributed by atoms with Gasteiger partial charge in [0.05, 0.1) is 12.8 Å². The molecule has 0 amide bonds. The average Bonchev–Trinajstić information content (AvgIpc) is 2.29. The van der Waals surface area contributed by atoms with E-state index in [1.54, 1.807) is 12.1 Å². The first-order valence-electron chi connectivity index (χ1n) is 5.11. The second-order valence-corrected chi connectivity index (χ2v) is 3.69. The van der Waals surface area contributed by atoms with Gasteiger partial charge in [0.15, 0.2) is 0 Å². The summed E-state index contributed by atoms with van der Waals surface area (Å²) in [4.78, 5) is 11.5. The molecule has 17 heavy (non-hydrogen) atoms. The van der Waals surface area contributed by atoms with Gasteiger partial charge in [-0.2, -0.15) is 0 Å². The molecule has 4 nitrogen and oxygen atoms in total. The van der Waals surface area contributed by atoms with E-state index in [-0.39, 0.29) is 17.0 Å². The third-order valence-corrected chi connectivity index (χ3v) is 2.34. The molecule has 0 saturated carbocycles. The van der Waals surface area contributed by atoms with Crippen LogP contribution in [-0.2, 0) is 9.53 Å². The van der Waals surface area contributed by atoms with E-state index in [1.165, 1.54) is 14.0 Å². The Bertz CT molecular complexity index is 468. The molecule has 0 heterocycles. The maximum Gasteiger partial charge on any atom is 0.343 e. The van der Waals surface area contributed by atoms with Crippen molar-refractivity contribution in [1.29, 1.82) is 5.41 Å². The summed E-state index contributed by atoms with van der Waals surface area (Å²) >= 11 is 0. The Kier molecular flexibility index (Phi) is 4.04. The van der Waals surface area contributed by atoms with E-state index in [9.17, 15) is 9.90 Å². The number of esters is 1. The number of aliphatic hydroxyl groups is 1. The van der Waals surface area contributed by atoms with Crippen molar-refractivity contribution in [3.05, 3.63) is 46.7 Å². The lowest BCUT2D eigenvalue weighted by Crippen LogP contribution is -2.16. The van der Waals surface area contributed by atoms with E-state index in [0.717, 1.165) is 5.56 Å². The van der Waals surface area contributed by atoms with Gasteiger partial charge < -0.3 is 9.84 Å². The van der Waals surface area contributed by atoms with Gasteiger partial charge in [0.2, 0.25) is 0 Å². The van der Waals surface area contributed by atoms with Gasteiger partial charge in [0, 0.05) is 5.56 Å². The minimum Gasteiger partial charge on any atom is -0.512 e. The monoisotopic (exact) mass is 233 g/mol. The fourth-order valence-corrected chi connectivity index (χ4v) is 1.40. The fraction of sp³-hybridized carbons (Fsp3) is 0.231. The van der Waals surface area contributed by atoms with Crippen LogP contribution in [0.2, 0.25) is 0 Å². The Balaban J connectivity index is 3.15. The molecule has 1 rings (SSSR count). The predicted molar refractivity (Wildman–Crippen MR) is 65.4 cm³/mol. The molecule has 2 N–H and O–H groups in total. The number of nitrogens with one attached hydrogen (secondary N) is 1. The normalized spacial score (nSPS) is 11.7. The Morgan fingerprint density at radius 3 is 2.24 bits per heavy atom. The highest BCUT2D eigenvalue weighted by Crippen LogP contribution is 2.13. The van der Waals surface area contributed by atoms with Crippen LogP contribution in [-0.4, -0.2) is 23.9 Å². The van der Waals surface area contributed by atoms with Crippen LogP contribution in [0.15, 0.2) is 35.6 Å². The number of hydrogen-bond acceptors (Lipinski definition) is 4. The number of methoxy groups -OCH3 is 1. The quantitative estimate of drug-likeness (QED) is 0.364. The number of carbonyl (C=O) groups is 1. The molecule has 0 unspecified atom stereocenters. The topological polar surface area (TPSA) is 70.4 Å². The van der Waals surface area contributed by atoms with Gasteiger partial charge in [-0.05, 0) is 13.8 Å². The summed E-state index contributed by atoms with van der Waals surface area (Å²) in [6.07, 6.45) is 0. The first kappa shape index (κ1) is 13.0. The number of carbonyl (C=O) groups excluding carboxylic acids is 1. The zero-order chi connectivity index (χ0) is 13.0. The van der Waals surface area contributed by atoms with Crippen molar-refractivity contribution >= 4 is 11.7 Å². The average molecular weight is 233 g/mol. The van der Waals surface area contributed by atoms with Gasteiger partial charge in [-0.25, -0.2) is 4.79 Å². The van der Waals surface area contributed by atoms with Crippen LogP contribution < -0.4 is 0 Å². The Morgan fingerprint density at radius 2 is 1.82 bits per heavy atom. The minimum absolute atomic E-state index is 0.0446.